The minimum Gasteiger partial charge on any atom is -0.381 e. The van der Waals surface area contributed by atoms with Crippen molar-refractivity contribution in [3.8, 4) is 0 Å². The van der Waals surface area contributed by atoms with Crippen molar-refractivity contribution in [2.24, 2.45) is 0 Å². The van der Waals surface area contributed by atoms with E-state index in [1.807, 2.05) is 6.07 Å². The molecule has 0 fully saturated rings. The number of benzene rings is 1. The summed E-state index contributed by atoms with van der Waals surface area (Å²) in [6.07, 6.45) is 0.833. The van der Waals surface area contributed by atoms with Crippen LogP contribution in [-0.4, -0.2) is 12.6 Å². The number of hydrogen-bond donors (Lipinski definition) is 2. The zero-order chi connectivity index (χ0) is 11.7. The fourth-order valence-corrected chi connectivity index (χ4v) is 2.87. The van der Waals surface area contributed by atoms with Crippen LogP contribution < -0.4 is 10.6 Å². The molecule has 1 aromatic heterocycles. The van der Waals surface area contributed by atoms with Crippen LogP contribution in [0.4, 0.5) is 15.8 Å². The van der Waals surface area contributed by atoms with E-state index in [2.05, 4.69) is 21.4 Å². The van der Waals surface area contributed by atoms with E-state index in [0.29, 0.717) is 6.04 Å². The summed E-state index contributed by atoms with van der Waals surface area (Å²) in [5.41, 5.74) is 3.36. The summed E-state index contributed by atoms with van der Waals surface area (Å²) in [5, 5.41) is 11.0. The van der Waals surface area contributed by atoms with Crippen LogP contribution in [0, 0.1) is 5.82 Å². The van der Waals surface area contributed by atoms with Crippen LogP contribution in [0.25, 0.3) is 0 Å². The summed E-state index contributed by atoms with van der Waals surface area (Å²) in [6, 6.07) is 7.13. The highest BCUT2D eigenvalue weighted by Crippen LogP contribution is 2.30. The molecular weight excluding hydrogens is 235 g/mol. The van der Waals surface area contributed by atoms with Crippen molar-refractivity contribution < 1.29 is 4.39 Å². The summed E-state index contributed by atoms with van der Waals surface area (Å²) in [6.45, 7) is 0.875. The van der Waals surface area contributed by atoms with E-state index in [1.165, 1.54) is 11.8 Å². The Kier molecular flexibility index (Phi) is 2.73. The molecule has 0 bridgehead atoms. The average Bonchev–Trinajstić information content (AvgIpc) is 2.76. The summed E-state index contributed by atoms with van der Waals surface area (Å²) in [4.78, 5) is 0. The Labute approximate surface area is 103 Å². The number of hydrogen-bond acceptors (Lipinski definition) is 3. The van der Waals surface area contributed by atoms with E-state index in [0.717, 1.165) is 24.2 Å². The lowest BCUT2D eigenvalue weighted by molar-refractivity contribution is 0.623. The molecule has 1 aliphatic heterocycles. The van der Waals surface area contributed by atoms with Gasteiger partial charge in [-0.25, -0.2) is 4.39 Å². The third kappa shape index (κ3) is 2.26. The number of anilines is 2. The molecule has 0 amide bonds. The average molecular weight is 248 g/mol. The van der Waals surface area contributed by atoms with Crippen molar-refractivity contribution in [3.05, 3.63) is 46.4 Å². The van der Waals surface area contributed by atoms with Gasteiger partial charge in [-0.15, -0.1) is 11.3 Å². The van der Waals surface area contributed by atoms with Crippen LogP contribution >= 0.6 is 11.3 Å². The van der Waals surface area contributed by atoms with Crippen LogP contribution in [0.1, 0.15) is 5.56 Å². The molecule has 0 aliphatic carbocycles. The molecule has 1 unspecified atom stereocenters. The lowest BCUT2D eigenvalue weighted by Gasteiger charge is -2.26. The predicted molar refractivity (Wildman–Crippen MR) is 70.3 cm³/mol. The number of halogens is 1. The Bertz CT molecular complexity index is 524. The molecule has 88 valence electrons. The van der Waals surface area contributed by atoms with Gasteiger partial charge >= 0.3 is 0 Å². The maximum atomic E-state index is 13.1. The molecule has 0 radical (unpaired) electrons. The standard InChI is InChI=1S/C13H13FN2S/c14-10-3-1-2-9(4-10)5-11-6-15-12-7-17-8-13(12)16-11/h1-4,7-8,11,15-16H,5-6H2. The highest BCUT2D eigenvalue weighted by molar-refractivity contribution is 7.09. The quantitative estimate of drug-likeness (QED) is 0.851. The lowest BCUT2D eigenvalue weighted by Crippen LogP contribution is -2.34. The Morgan fingerprint density at radius 2 is 2.18 bits per heavy atom. The molecule has 2 nitrogen and oxygen atoms in total. The normalized spacial score (nSPS) is 18.1. The second-order valence-electron chi connectivity index (χ2n) is 4.26. The zero-order valence-corrected chi connectivity index (χ0v) is 10.1. The van der Waals surface area contributed by atoms with E-state index in [4.69, 9.17) is 0 Å². The fraction of sp³-hybridized carbons (Fsp3) is 0.231. The number of fused-ring (bicyclic) bond motifs is 1. The fourth-order valence-electron chi connectivity index (χ4n) is 2.12. The summed E-state index contributed by atoms with van der Waals surface area (Å²) in [5.74, 6) is -0.164. The highest BCUT2D eigenvalue weighted by Gasteiger charge is 2.17. The molecule has 0 saturated carbocycles. The van der Waals surface area contributed by atoms with Crippen molar-refractivity contribution in [1.82, 2.24) is 0 Å². The predicted octanol–water partition coefficient (Wildman–Crippen LogP) is 3.34. The minimum atomic E-state index is -0.164. The molecule has 2 heterocycles. The van der Waals surface area contributed by atoms with Gasteiger partial charge in [-0.3, -0.25) is 0 Å². The molecule has 0 spiro atoms. The monoisotopic (exact) mass is 248 g/mol. The zero-order valence-electron chi connectivity index (χ0n) is 9.24. The Balaban J connectivity index is 1.72. The van der Waals surface area contributed by atoms with E-state index in [9.17, 15) is 4.39 Å². The Morgan fingerprint density at radius 1 is 1.29 bits per heavy atom. The maximum Gasteiger partial charge on any atom is 0.123 e. The first kappa shape index (κ1) is 10.6. The first-order valence-electron chi connectivity index (χ1n) is 5.62. The van der Waals surface area contributed by atoms with Gasteiger partial charge < -0.3 is 10.6 Å². The topological polar surface area (TPSA) is 24.1 Å². The molecule has 4 heteroatoms. The molecule has 1 atom stereocenters. The van der Waals surface area contributed by atoms with Crippen molar-refractivity contribution in [2.75, 3.05) is 17.2 Å². The van der Waals surface area contributed by atoms with Crippen molar-refractivity contribution >= 4 is 22.7 Å². The van der Waals surface area contributed by atoms with Gasteiger partial charge in [0.15, 0.2) is 0 Å². The van der Waals surface area contributed by atoms with Gasteiger partial charge in [0.1, 0.15) is 5.82 Å². The molecular formula is C13H13FN2S. The Hall–Kier alpha value is -1.55. The van der Waals surface area contributed by atoms with Crippen molar-refractivity contribution in [3.63, 3.8) is 0 Å². The molecule has 2 aromatic rings. The van der Waals surface area contributed by atoms with Gasteiger partial charge in [0, 0.05) is 23.3 Å². The maximum absolute atomic E-state index is 13.1. The first-order valence-corrected chi connectivity index (χ1v) is 6.56. The molecule has 1 aliphatic rings. The van der Waals surface area contributed by atoms with Gasteiger partial charge in [-0.2, -0.15) is 0 Å². The molecule has 17 heavy (non-hydrogen) atoms. The number of thiophene rings is 1. The van der Waals surface area contributed by atoms with Crippen LogP contribution in [0.15, 0.2) is 35.0 Å². The van der Waals surface area contributed by atoms with Crippen LogP contribution in [0.5, 0.6) is 0 Å². The van der Waals surface area contributed by atoms with Crippen molar-refractivity contribution in [1.29, 1.82) is 0 Å². The van der Waals surface area contributed by atoms with Gasteiger partial charge in [-0.05, 0) is 24.1 Å². The van der Waals surface area contributed by atoms with E-state index >= 15 is 0 Å². The third-order valence-corrected chi connectivity index (χ3v) is 3.68. The van der Waals surface area contributed by atoms with Gasteiger partial charge in [-0.1, -0.05) is 12.1 Å². The first-order chi connectivity index (χ1) is 8.31. The van der Waals surface area contributed by atoms with Crippen LogP contribution in [-0.2, 0) is 6.42 Å². The molecule has 1 aromatic carbocycles. The summed E-state index contributed by atoms with van der Waals surface area (Å²) < 4.78 is 13.1. The molecule has 2 N–H and O–H groups in total. The smallest absolute Gasteiger partial charge is 0.123 e. The second-order valence-corrected chi connectivity index (χ2v) is 5.00. The summed E-state index contributed by atoms with van der Waals surface area (Å²) >= 11 is 1.68. The van der Waals surface area contributed by atoms with Gasteiger partial charge in [0.05, 0.1) is 11.4 Å². The second kappa shape index (κ2) is 4.37. The van der Waals surface area contributed by atoms with Crippen molar-refractivity contribution in [2.45, 2.75) is 12.5 Å². The summed E-state index contributed by atoms with van der Waals surface area (Å²) in [7, 11) is 0. The SMILES string of the molecule is Fc1cccc(CC2CNc3cscc3N2)c1. The number of rotatable bonds is 2. The van der Waals surface area contributed by atoms with E-state index in [1.54, 1.807) is 23.5 Å². The van der Waals surface area contributed by atoms with E-state index < -0.39 is 0 Å². The number of nitrogens with one attached hydrogen (secondary N) is 2. The molecule has 0 saturated heterocycles. The lowest BCUT2D eigenvalue weighted by atomic mass is 10.0. The van der Waals surface area contributed by atoms with E-state index in [-0.39, 0.29) is 5.82 Å². The van der Waals surface area contributed by atoms with Gasteiger partial charge in [0.25, 0.3) is 0 Å². The van der Waals surface area contributed by atoms with Gasteiger partial charge in [0.2, 0.25) is 0 Å². The van der Waals surface area contributed by atoms with Crippen LogP contribution in [0.3, 0.4) is 0 Å². The van der Waals surface area contributed by atoms with Crippen LogP contribution in [0.2, 0.25) is 0 Å². The third-order valence-electron chi connectivity index (χ3n) is 2.93. The minimum absolute atomic E-state index is 0.164. The largest absolute Gasteiger partial charge is 0.381 e. The molecule has 3 rings (SSSR count). The Morgan fingerprint density at radius 3 is 3.06 bits per heavy atom. The highest BCUT2D eigenvalue weighted by atomic mass is 32.1.